The zero-order valence-electron chi connectivity index (χ0n) is 30.4. The van der Waals surface area contributed by atoms with Gasteiger partial charge in [0.05, 0.1) is 0 Å². The first-order valence-electron chi connectivity index (χ1n) is 18.5. The van der Waals surface area contributed by atoms with E-state index in [0.29, 0.717) is 0 Å². The van der Waals surface area contributed by atoms with Gasteiger partial charge in [-0.25, -0.2) is 0 Å². The fourth-order valence-corrected chi connectivity index (χ4v) is 25.7. The van der Waals surface area contributed by atoms with Gasteiger partial charge in [-0.05, 0) is 0 Å². The van der Waals surface area contributed by atoms with Gasteiger partial charge in [0.15, 0.2) is 0 Å². The molecular weight excluding hydrogens is 779 g/mol. The van der Waals surface area contributed by atoms with E-state index in [9.17, 15) is 0 Å². The predicted molar refractivity (Wildman–Crippen MR) is 227 cm³/mol. The monoisotopic (exact) mass is 816 g/mol. The molecule has 0 fully saturated rings. The number of alkyl halides is 2. The first-order valence-corrected chi connectivity index (χ1v) is 23.2. The number of nitrogens with zero attached hydrogens (tertiary/aromatic N) is 8. The van der Waals surface area contributed by atoms with Crippen LogP contribution in [0.25, 0.3) is 11.0 Å². The SMILES string of the molecule is Cc1cccc(N2c3nccnc3N3c4cc(C)ccc4I4(=CC5(C)c6ccccc6N6c7nc8ccccc8nc7N(c7ccccc7)C6C54C)C23)c1. The molecule has 5 aliphatic rings. The van der Waals surface area contributed by atoms with Gasteiger partial charge in [-0.3, -0.25) is 0 Å². The third-order valence-corrected chi connectivity index (χ3v) is 25.9. The number of halogens is 1. The van der Waals surface area contributed by atoms with Crippen LogP contribution in [0.5, 0.6) is 0 Å². The minimum absolute atomic E-state index is 0.000543. The zero-order chi connectivity index (χ0) is 36.1. The van der Waals surface area contributed by atoms with Crippen LogP contribution < -0.4 is 19.6 Å². The molecule has 0 saturated heterocycles. The first kappa shape index (κ1) is 30.7. The second kappa shape index (κ2) is 10.3. The molecule has 5 atom stereocenters. The Balaban J connectivity index is 1.22. The van der Waals surface area contributed by atoms with Gasteiger partial charge in [0.2, 0.25) is 0 Å². The Bertz CT molecular complexity index is 2810. The molecule has 9 heteroatoms. The molecule has 54 heavy (non-hydrogen) atoms. The van der Waals surface area contributed by atoms with Crippen molar-refractivity contribution < 1.29 is 0 Å². The Hall–Kier alpha value is -5.68. The van der Waals surface area contributed by atoms with Gasteiger partial charge in [-0.15, -0.1) is 0 Å². The summed E-state index contributed by atoms with van der Waals surface area (Å²) in [6.07, 6.45) is 3.58. The van der Waals surface area contributed by atoms with Crippen molar-refractivity contribution in [3.8, 4) is 0 Å². The Morgan fingerprint density at radius 3 is 1.96 bits per heavy atom. The van der Waals surface area contributed by atoms with E-state index in [1.54, 1.807) is 0 Å². The van der Waals surface area contributed by atoms with Crippen molar-refractivity contribution in [2.75, 3.05) is 19.6 Å². The third kappa shape index (κ3) is 3.44. The van der Waals surface area contributed by atoms with Crippen molar-refractivity contribution in [2.24, 2.45) is 0 Å². The molecule has 5 unspecified atom stereocenters. The second-order valence-corrected chi connectivity index (χ2v) is 24.3. The number of aryl methyl sites for hydroxylation is 2. The van der Waals surface area contributed by atoms with Crippen molar-refractivity contribution in [3.05, 3.63) is 154 Å². The molecule has 0 saturated carbocycles. The van der Waals surface area contributed by atoms with Gasteiger partial charge in [0, 0.05) is 0 Å². The Morgan fingerprint density at radius 1 is 0.556 bits per heavy atom. The molecule has 0 amide bonds. The van der Waals surface area contributed by atoms with Crippen LogP contribution in [-0.4, -0.2) is 37.7 Å². The number of rotatable bonds is 2. The van der Waals surface area contributed by atoms with Crippen LogP contribution in [0.4, 0.5) is 46.0 Å². The molecule has 2 aromatic heterocycles. The number of hydrogen-bond donors (Lipinski definition) is 0. The van der Waals surface area contributed by atoms with Crippen LogP contribution in [0, 0.1) is 17.4 Å². The second-order valence-electron chi connectivity index (χ2n) is 15.4. The molecular formula is C45H37IN8. The molecule has 0 radical (unpaired) electrons. The van der Waals surface area contributed by atoms with E-state index in [-0.39, 0.29) is 19.2 Å². The van der Waals surface area contributed by atoms with Gasteiger partial charge in [-0.1, -0.05) is 0 Å². The average molecular weight is 817 g/mol. The van der Waals surface area contributed by atoms with Gasteiger partial charge in [-0.2, -0.15) is 0 Å². The molecule has 5 aliphatic heterocycles. The van der Waals surface area contributed by atoms with Crippen molar-refractivity contribution >= 4 is 79.0 Å². The van der Waals surface area contributed by atoms with E-state index in [4.69, 9.17) is 19.9 Å². The number of aromatic nitrogens is 4. The predicted octanol–water partition coefficient (Wildman–Crippen LogP) is 10.00. The van der Waals surface area contributed by atoms with Crippen molar-refractivity contribution in [2.45, 2.75) is 46.9 Å². The van der Waals surface area contributed by atoms with Crippen LogP contribution in [0.2, 0.25) is 0 Å². The van der Waals surface area contributed by atoms with Crippen LogP contribution in [0.1, 0.15) is 30.5 Å². The molecule has 7 aromatic rings. The van der Waals surface area contributed by atoms with Crippen molar-refractivity contribution in [1.29, 1.82) is 0 Å². The summed E-state index contributed by atoms with van der Waals surface area (Å²) in [5.41, 5.74) is 10.1. The van der Waals surface area contributed by atoms with Gasteiger partial charge in [0.1, 0.15) is 0 Å². The van der Waals surface area contributed by atoms with Gasteiger partial charge >= 0.3 is 319 Å². The van der Waals surface area contributed by atoms with Crippen LogP contribution in [0.15, 0.2) is 134 Å². The van der Waals surface area contributed by atoms with Gasteiger partial charge < -0.3 is 0 Å². The number of anilines is 8. The molecule has 12 rings (SSSR count). The molecule has 0 N–H and O–H groups in total. The summed E-state index contributed by atoms with van der Waals surface area (Å²) < 4.78 is 4.05. The van der Waals surface area contributed by atoms with E-state index < -0.39 is 18.0 Å². The van der Waals surface area contributed by atoms with Crippen molar-refractivity contribution in [1.82, 2.24) is 19.9 Å². The maximum atomic E-state index is 5.48. The van der Waals surface area contributed by atoms with E-state index in [1.807, 2.05) is 12.4 Å². The standard InChI is InChI=1S/C45H37IN8/c1-28-13-12-16-31(25-28)52-38-39(48-24-23-47-38)54-37-26-29(2)21-22-33(37)46(43(52)54)27-44(3)32-17-8-11-20-36(32)53-41-40(49-34-18-9-10-19-35(34)50-41)51(42(53)45(44,46)4)30-14-6-5-7-15-30/h5-27,42-43H,1-4H3. The maximum absolute atomic E-state index is 5.48. The molecule has 0 bridgehead atoms. The summed E-state index contributed by atoms with van der Waals surface area (Å²) in [7, 11) is 0. The molecule has 7 heterocycles. The van der Waals surface area contributed by atoms with E-state index in [0.717, 1.165) is 45.7 Å². The Labute approximate surface area is 317 Å². The van der Waals surface area contributed by atoms with Crippen LogP contribution in [0.3, 0.4) is 0 Å². The summed E-state index contributed by atoms with van der Waals surface area (Å²) in [6, 6.07) is 44.3. The van der Waals surface area contributed by atoms with Crippen LogP contribution in [-0.2, 0) is 5.41 Å². The fourth-order valence-electron chi connectivity index (χ4n) is 10.2. The normalized spacial score (nSPS) is 27.6. The van der Waals surface area contributed by atoms with E-state index >= 15 is 0 Å². The summed E-state index contributed by atoms with van der Waals surface area (Å²) in [5.74, 6) is 3.67. The molecule has 8 nitrogen and oxygen atoms in total. The summed E-state index contributed by atoms with van der Waals surface area (Å²) in [5, 5.41) is 0. The Morgan fingerprint density at radius 2 is 1.20 bits per heavy atom. The number of fused-ring (bicyclic) bond motifs is 17. The number of benzene rings is 5. The topological polar surface area (TPSA) is 64.5 Å². The summed E-state index contributed by atoms with van der Waals surface area (Å²) in [4.78, 5) is 31.4. The van der Waals surface area contributed by atoms with Gasteiger partial charge in [0.25, 0.3) is 0 Å². The van der Waals surface area contributed by atoms with Crippen LogP contribution >= 0.6 is 18.0 Å². The Kier molecular flexibility index (Phi) is 5.86. The quantitative estimate of drug-likeness (QED) is 0.0972. The first-order chi connectivity index (χ1) is 26.3. The molecule has 0 aliphatic carbocycles. The zero-order valence-corrected chi connectivity index (χ0v) is 32.5. The summed E-state index contributed by atoms with van der Waals surface area (Å²) >= 11 is -3.59. The van der Waals surface area contributed by atoms with E-state index in [1.165, 1.54) is 31.6 Å². The fraction of sp³-hybridized carbons (Fsp3) is 0.178. The van der Waals surface area contributed by atoms with Crippen molar-refractivity contribution in [3.63, 3.8) is 0 Å². The van der Waals surface area contributed by atoms with E-state index in [2.05, 4.69) is 173 Å². The third-order valence-electron chi connectivity index (χ3n) is 12.6. The summed E-state index contributed by atoms with van der Waals surface area (Å²) in [6.45, 7) is 9.51. The molecule has 5 aromatic carbocycles. The minimum atomic E-state index is -3.59. The number of para-hydroxylation sites is 4. The molecule has 264 valence electrons. The number of hydrogen-bond acceptors (Lipinski definition) is 8. The molecule has 1 spiro atoms. The average Bonchev–Trinajstić information content (AvgIpc) is 3.81.